The second-order valence-corrected chi connectivity index (χ2v) is 8.26. The normalized spacial score (nSPS) is 10.9. The summed E-state index contributed by atoms with van der Waals surface area (Å²) >= 11 is 3.39. The van der Waals surface area contributed by atoms with Crippen LogP contribution in [0.4, 0.5) is 11.4 Å². The monoisotopic (exact) mass is 505 g/mol. The fourth-order valence-electron chi connectivity index (χ4n) is 3.05. The quantitative estimate of drug-likeness (QED) is 0.181. The zero-order chi connectivity index (χ0) is 24.0. The van der Waals surface area contributed by atoms with Crippen LogP contribution in [-0.4, -0.2) is 10.8 Å². The molecule has 3 aromatic rings. The van der Waals surface area contributed by atoms with Crippen LogP contribution in [0.1, 0.15) is 22.3 Å². The largest absolute Gasteiger partial charge is 0.488 e. The van der Waals surface area contributed by atoms with Gasteiger partial charge in [-0.25, -0.2) is 0 Å². The molecule has 7 nitrogen and oxygen atoms in total. The zero-order valence-corrected chi connectivity index (χ0v) is 19.5. The van der Waals surface area contributed by atoms with Gasteiger partial charge in [-0.3, -0.25) is 14.9 Å². The molecule has 33 heavy (non-hydrogen) atoms. The third-order valence-electron chi connectivity index (χ3n) is 4.79. The summed E-state index contributed by atoms with van der Waals surface area (Å²) in [5.41, 5.74) is 3.53. The molecule has 1 amide bonds. The van der Waals surface area contributed by atoms with Gasteiger partial charge in [0.15, 0.2) is 0 Å². The molecule has 166 valence electrons. The summed E-state index contributed by atoms with van der Waals surface area (Å²) in [7, 11) is 0. The Morgan fingerprint density at radius 1 is 1.18 bits per heavy atom. The predicted octanol–water partition coefficient (Wildman–Crippen LogP) is 6.10. The van der Waals surface area contributed by atoms with Crippen LogP contribution in [0.2, 0.25) is 0 Å². The molecule has 8 heteroatoms. The number of anilines is 1. The summed E-state index contributed by atoms with van der Waals surface area (Å²) in [4.78, 5) is 23.3. The molecule has 0 fully saturated rings. The molecule has 3 aromatic carbocycles. The molecule has 0 heterocycles. The summed E-state index contributed by atoms with van der Waals surface area (Å²) in [6.07, 6.45) is 1.45. The maximum atomic E-state index is 12.8. The SMILES string of the molecule is Cc1ccc(C)c(NC(=O)/C(C#N)=C/c2cc(Br)ccc2OCc2cccc([N+](=O)[O-])c2)c1. The number of nitro groups is 1. The van der Waals surface area contributed by atoms with Crippen molar-refractivity contribution in [3.05, 3.63) is 103 Å². The summed E-state index contributed by atoms with van der Waals surface area (Å²) in [5.74, 6) is -0.104. The summed E-state index contributed by atoms with van der Waals surface area (Å²) in [6.45, 7) is 3.88. The maximum absolute atomic E-state index is 12.8. The van der Waals surface area contributed by atoms with E-state index in [0.717, 1.165) is 15.6 Å². The number of hydrogen-bond acceptors (Lipinski definition) is 5. The first kappa shape index (κ1) is 23.7. The molecule has 0 aromatic heterocycles. The molecule has 0 saturated heterocycles. The Morgan fingerprint density at radius 3 is 2.70 bits per heavy atom. The van der Waals surface area contributed by atoms with Crippen molar-refractivity contribution < 1.29 is 14.5 Å². The van der Waals surface area contributed by atoms with Gasteiger partial charge < -0.3 is 10.1 Å². The van der Waals surface area contributed by atoms with E-state index in [2.05, 4.69) is 21.2 Å². The van der Waals surface area contributed by atoms with E-state index in [-0.39, 0.29) is 17.9 Å². The summed E-state index contributed by atoms with van der Waals surface area (Å²) in [6, 6.07) is 19.0. The van der Waals surface area contributed by atoms with E-state index in [9.17, 15) is 20.2 Å². The molecule has 0 radical (unpaired) electrons. The first-order chi connectivity index (χ1) is 15.8. The lowest BCUT2D eigenvalue weighted by Crippen LogP contribution is -2.14. The second kappa shape index (κ2) is 10.6. The Balaban J connectivity index is 1.85. The number of carbonyl (C=O) groups is 1. The number of nitrogens with zero attached hydrogens (tertiary/aromatic N) is 2. The van der Waals surface area contributed by atoms with E-state index >= 15 is 0 Å². The third kappa shape index (κ3) is 6.28. The highest BCUT2D eigenvalue weighted by atomic mass is 79.9. The fourth-order valence-corrected chi connectivity index (χ4v) is 3.43. The predicted molar refractivity (Wildman–Crippen MR) is 130 cm³/mol. The molecule has 3 rings (SSSR count). The van der Waals surface area contributed by atoms with Gasteiger partial charge in [0.2, 0.25) is 0 Å². The van der Waals surface area contributed by atoms with E-state index in [1.165, 1.54) is 18.2 Å². The van der Waals surface area contributed by atoms with Gasteiger partial charge in [-0.1, -0.05) is 40.2 Å². The standard InChI is InChI=1S/C25H20BrN3O4/c1-16-6-7-17(2)23(10-16)28-25(30)20(14-27)12-19-13-21(26)8-9-24(19)33-15-18-4-3-5-22(11-18)29(31)32/h3-13H,15H2,1-2H3,(H,28,30)/b20-12+. The highest BCUT2D eigenvalue weighted by Crippen LogP contribution is 2.27. The zero-order valence-electron chi connectivity index (χ0n) is 18.0. The third-order valence-corrected chi connectivity index (χ3v) is 5.29. The van der Waals surface area contributed by atoms with Gasteiger partial charge in [0.1, 0.15) is 24.0 Å². The highest BCUT2D eigenvalue weighted by molar-refractivity contribution is 9.10. The Kier molecular flexibility index (Phi) is 7.59. The number of aryl methyl sites for hydroxylation is 2. The Labute approximate surface area is 199 Å². The molecule has 1 N–H and O–H groups in total. The number of ether oxygens (including phenoxy) is 1. The minimum atomic E-state index is -0.532. The van der Waals surface area contributed by atoms with Gasteiger partial charge in [-0.15, -0.1) is 0 Å². The molecular formula is C25H20BrN3O4. The van der Waals surface area contributed by atoms with Crippen molar-refractivity contribution in [2.75, 3.05) is 5.32 Å². The topological polar surface area (TPSA) is 105 Å². The number of nitro benzene ring substituents is 1. The summed E-state index contributed by atoms with van der Waals surface area (Å²) in [5, 5.41) is 23.4. The van der Waals surface area contributed by atoms with Crippen LogP contribution in [0, 0.1) is 35.3 Å². The van der Waals surface area contributed by atoms with Crippen LogP contribution >= 0.6 is 15.9 Å². The number of hydrogen-bond donors (Lipinski definition) is 1. The van der Waals surface area contributed by atoms with Crippen molar-refractivity contribution >= 4 is 39.3 Å². The smallest absolute Gasteiger partial charge is 0.269 e. The average Bonchev–Trinajstić information content (AvgIpc) is 2.79. The minimum Gasteiger partial charge on any atom is -0.488 e. The van der Waals surface area contributed by atoms with Crippen molar-refractivity contribution in [1.82, 2.24) is 0 Å². The molecule has 0 saturated carbocycles. The molecule has 0 spiro atoms. The maximum Gasteiger partial charge on any atom is 0.269 e. The molecular weight excluding hydrogens is 486 g/mol. The van der Waals surface area contributed by atoms with Gasteiger partial charge in [-0.05, 0) is 60.9 Å². The number of carbonyl (C=O) groups excluding carboxylic acids is 1. The van der Waals surface area contributed by atoms with Gasteiger partial charge >= 0.3 is 0 Å². The number of halogens is 1. The van der Waals surface area contributed by atoms with Gasteiger partial charge in [0.05, 0.1) is 4.92 Å². The van der Waals surface area contributed by atoms with E-state index in [1.807, 2.05) is 38.1 Å². The van der Waals surface area contributed by atoms with Crippen LogP contribution < -0.4 is 10.1 Å². The molecule has 0 aliphatic carbocycles. The van der Waals surface area contributed by atoms with Crippen molar-refractivity contribution in [3.8, 4) is 11.8 Å². The average molecular weight is 506 g/mol. The number of rotatable bonds is 7. The minimum absolute atomic E-state index is 0.0260. The lowest BCUT2D eigenvalue weighted by molar-refractivity contribution is -0.384. The van der Waals surface area contributed by atoms with E-state index < -0.39 is 10.8 Å². The van der Waals surface area contributed by atoms with Crippen LogP contribution in [0.3, 0.4) is 0 Å². The number of non-ortho nitro benzene ring substituents is 1. The molecule has 0 unspecified atom stereocenters. The highest BCUT2D eigenvalue weighted by Gasteiger charge is 2.14. The van der Waals surface area contributed by atoms with Crippen molar-refractivity contribution in [3.63, 3.8) is 0 Å². The van der Waals surface area contributed by atoms with Crippen molar-refractivity contribution in [2.45, 2.75) is 20.5 Å². The number of nitriles is 1. The Bertz CT molecular complexity index is 1300. The van der Waals surface area contributed by atoms with Gasteiger partial charge in [-0.2, -0.15) is 5.26 Å². The lowest BCUT2D eigenvalue weighted by Gasteiger charge is -2.11. The number of amides is 1. The van der Waals surface area contributed by atoms with Crippen LogP contribution in [0.25, 0.3) is 6.08 Å². The Morgan fingerprint density at radius 2 is 1.97 bits per heavy atom. The number of nitrogens with one attached hydrogen (secondary N) is 1. The van der Waals surface area contributed by atoms with Crippen LogP contribution in [0.5, 0.6) is 5.75 Å². The first-order valence-electron chi connectivity index (χ1n) is 9.93. The van der Waals surface area contributed by atoms with Crippen molar-refractivity contribution in [1.29, 1.82) is 5.26 Å². The van der Waals surface area contributed by atoms with Crippen LogP contribution in [0.15, 0.2) is 70.7 Å². The molecule has 0 aliphatic rings. The van der Waals surface area contributed by atoms with Crippen LogP contribution in [-0.2, 0) is 11.4 Å². The van der Waals surface area contributed by atoms with Gasteiger partial charge in [0, 0.05) is 27.9 Å². The van der Waals surface area contributed by atoms with E-state index in [4.69, 9.17) is 4.74 Å². The number of benzene rings is 3. The lowest BCUT2D eigenvalue weighted by atomic mass is 10.1. The van der Waals surface area contributed by atoms with E-state index in [1.54, 1.807) is 30.3 Å². The Hall–Kier alpha value is -3.96. The van der Waals surface area contributed by atoms with Gasteiger partial charge in [0.25, 0.3) is 11.6 Å². The second-order valence-electron chi connectivity index (χ2n) is 7.34. The molecule has 0 bridgehead atoms. The molecule has 0 atom stereocenters. The van der Waals surface area contributed by atoms with E-state index in [0.29, 0.717) is 22.6 Å². The van der Waals surface area contributed by atoms with Crippen molar-refractivity contribution in [2.24, 2.45) is 0 Å². The molecule has 0 aliphatic heterocycles. The summed E-state index contributed by atoms with van der Waals surface area (Å²) < 4.78 is 6.60. The first-order valence-corrected chi connectivity index (χ1v) is 10.7. The fraction of sp³-hybridized carbons (Fsp3) is 0.120.